The minimum atomic E-state index is 0.542. The van der Waals surface area contributed by atoms with Crippen molar-refractivity contribution in [1.29, 1.82) is 0 Å². The van der Waals surface area contributed by atoms with Gasteiger partial charge in [0.25, 0.3) is 0 Å². The molecule has 1 aromatic heterocycles. The van der Waals surface area contributed by atoms with Crippen molar-refractivity contribution in [2.24, 2.45) is 0 Å². The van der Waals surface area contributed by atoms with E-state index in [1.807, 2.05) is 37.4 Å². The van der Waals surface area contributed by atoms with Crippen LogP contribution in [-0.2, 0) is 16.1 Å². The Balaban J connectivity index is 2.18. The Morgan fingerprint density at radius 1 is 1.30 bits per heavy atom. The molecule has 5 heteroatoms. The minimum Gasteiger partial charge on any atom is -0.385 e. The summed E-state index contributed by atoms with van der Waals surface area (Å²) in [5, 5.41) is 0.693. The number of pyridine rings is 1. The number of methoxy groups -OCH3 is 1. The van der Waals surface area contributed by atoms with Gasteiger partial charge < -0.3 is 9.64 Å². The maximum Gasteiger partial charge on any atom is 0.210 e. The predicted octanol–water partition coefficient (Wildman–Crippen LogP) is 3.71. The molecule has 0 bridgehead atoms. The van der Waals surface area contributed by atoms with E-state index >= 15 is 0 Å². The Bertz CT molecular complexity index is 661. The lowest BCUT2D eigenvalue weighted by Gasteiger charge is -2.18. The van der Waals surface area contributed by atoms with Crippen molar-refractivity contribution in [1.82, 2.24) is 9.88 Å². The van der Waals surface area contributed by atoms with Crippen molar-refractivity contribution in [2.45, 2.75) is 19.9 Å². The zero-order valence-corrected chi connectivity index (χ0v) is 14.2. The second-order valence-electron chi connectivity index (χ2n) is 5.40. The second kappa shape index (κ2) is 8.65. The fraction of sp³-hybridized carbons (Fsp3) is 0.333. The van der Waals surface area contributed by atoms with E-state index in [0.29, 0.717) is 24.7 Å². The van der Waals surface area contributed by atoms with Crippen LogP contribution < -0.4 is 0 Å². The second-order valence-corrected chi connectivity index (χ2v) is 5.84. The summed E-state index contributed by atoms with van der Waals surface area (Å²) in [5.74, 6) is 0. The lowest BCUT2D eigenvalue weighted by Crippen LogP contribution is -2.24. The molecule has 2 rings (SSSR count). The fourth-order valence-corrected chi connectivity index (χ4v) is 2.55. The number of benzene rings is 1. The number of carbonyl (C=O) groups is 1. The number of amides is 1. The van der Waals surface area contributed by atoms with Gasteiger partial charge in [-0.1, -0.05) is 23.7 Å². The molecule has 1 amide bonds. The molecule has 0 fully saturated rings. The highest BCUT2D eigenvalue weighted by Gasteiger charge is 2.09. The number of nitrogens with zero attached hydrogens (tertiary/aromatic N) is 2. The van der Waals surface area contributed by atoms with E-state index in [9.17, 15) is 4.79 Å². The van der Waals surface area contributed by atoms with Gasteiger partial charge in [0.15, 0.2) is 0 Å². The van der Waals surface area contributed by atoms with E-state index in [1.165, 1.54) is 0 Å². The van der Waals surface area contributed by atoms with Gasteiger partial charge in [-0.25, -0.2) is 0 Å². The number of hydrogen-bond donors (Lipinski definition) is 0. The quantitative estimate of drug-likeness (QED) is 0.546. The fourth-order valence-electron chi connectivity index (χ4n) is 2.36. The van der Waals surface area contributed by atoms with Gasteiger partial charge in [0, 0.05) is 49.3 Å². The lowest BCUT2D eigenvalue weighted by atomic mass is 10.0. The van der Waals surface area contributed by atoms with Crippen molar-refractivity contribution >= 4 is 18.0 Å². The summed E-state index contributed by atoms with van der Waals surface area (Å²) in [7, 11) is 1.66. The van der Waals surface area contributed by atoms with Crippen molar-refractivity contribution in [3.63, 3.8) is 0 Å². The van der Waals surface area contributed by atoms with Gasteiger partial charge in [-0.2, -0.15) is 0 Å². The summed E-state index contributed by atoms with van der Waals surface area (Å²) >= 11 is 6.06. The number of ether oxygens (including phenoxy) is 1. The van der Waals surface area contributed by atoms with Gasteiger partial charge in [0.2, 0.25) is 6.41 Å². The number of aryl methyl sites for hydroxylation is 1. The Morgan fingerprint density at radius 2 is 2.13 bits per heavy atom. The van der Waals surface area contributed by atoms with Crippen LogP contribution in [0.5, 0.6) is 0 Å². The van der Waals surface area contributed by atoms with Gasteiger partial charge in [-0.05, 0) is 42.7 Å². The molecule has 0 saturated heterocycles. The summed E-state index contributed by atoms with van der Waals surface area (Å²) in [6, 6.07) is 9.74. The standard InChI is InChI=1S/C18H21ClN2O2/c1-14-17(12-21(13-22)7-4-8-23-2)9-16(11-20-14)15-5-3-6-18(19)10-15/h3,5-6,9-11,13H,4,7-8,12H2,1-2H3. The third kappa shape index (κ3) is 5.05. The first kappa shape index (κ1) is 17.4. The van der Waals surface area contributed by atoms with E-state index in [1.54, 1.807) is 12.0 Å². The van der Waals surface area contributed by atoms with Crippen LogP contribution in [-0.4, -0.2) is 36.6 Å². The first-order chi connectivity index (χ1) is 11.1. The van der Waals surface area contributed by atoms with Gasteiger partial charge >= 0.3 is 0 Å². The number of hydrogen-bond acceptors (Lipinski definition) is 3. The number of rotatable bonds is 8. The Morgan fingerprint density at radius 3 is 2.83 bits per heavy atom. The summed E-state index contributed by atoms with van der Waals surface area (Å²) < 4.78 is 5.03. The van der Waals surface area contributed by atoms with Crippen molar-refractivity contribution in [3.05, 3.63) is 52.8 Å². The summed E-state index contributed by atoms with van der Waals surface area (Å²) in [6.45, 7) is 3.80. The van der Waals surface area contributed by atoms with Crippen LogP contribution in [0, 0.1) is 6.92 Å². The Kier molecular flexibility index (Phi) is 6.56. The van der Waals surface area contributed by atoms with E-state index in [0.717, 1.165) is 35.2 Å². The van der Waals surface area contributed by atoms with Gasteiger partial charge in [-0.15, -0.1) is 0 Å². The van der Waals surface area contributed by atoms with Crippen LogP contribution in [0.15, 0.2) is 36.5 Å². The zero-order valence-electron chi connectivity index (χ0n) is 13.5. The van der Waals surface area contributed by atoms with Crippen LogP contribution in [0.1, 0.15) is 17.7 Å². The highest BCUT2D eigenvalue weighted by Crippen LogP contribution is 2.24. The maximum absolute atomic E-state index is 11.3. The molecule has 0 radical (unpaired) electrons. The SMILES string of the molecule is COCCCN(C=O)Cc1cc(-c2cccc(Cl)c2)cnc1C. The lowest BCUT2D eigenvalue weighted by molar-refractivity contribution is -0.118. The zero-order chi connectivity index (χ0) is 16.7. The van der Waals surface area contributed by atoms with Gasteiger partial charge in [-0.3, -0.25) is 9.78 Å². The highest BCUT2D eigenvalue weighted by molar-refractivity contribution is 6.30. The van der Waals surface area contributed by atoms with Crippen LogP contribution in [0.3, 0.4) is 0 Å². The van der Waals surface area contributed by atoms with Gasteiger partial charge in [0.1, 0.15) is 0 Å². The van der Waals surface area contributed by atoms with Crippen molar-refractivity contribution in [2.75, 3.05) is 20.3 Å². The molecule has 1 heterocycles. The van der Waals surface area contributed by atoms with E-state index in [-0.39, 0.29) is 0 Å². The summed E-state index contributed by atoms with van der Waals surface area (Å²) in [4.78, 5) is 17.5. The average Bonchev–Trinajstić information content (AvgIpc) is 2.55. The van der Waals surface area contributed by atoms with Crippen LogP contribution in [0.2, 0.25) is 5.02 Å². The monoisotopic (exact) mass is 332 g/mol. The Labute approximate surface area is 142 Å². The summed E-state index contributed by atoms with van der Waals surface area (Å²) in [5.41, 5.74) is 3.97. The smallest absolute Gasteiger partial charge is 0.210 e. The van der Waals surface area contributed by atoms with Crippen LogP contribution >= 0.6 is 11.6 Å². The molecule has 0 atom stereocenters. The molecule has 0 aliphatic heterocycles. The molecule has 122 valence electrons. The van der Waals surface area contributed by atoms with Crippen LogP contribution in [0.4, 0.5) is 0 Å². The molecule has 0 N–H and O–H groups in total. The first-order valence-electron chi connectivity index (χ1n) is 7.54. The molecule has 2 aromatic rings. The molecular formula is C18H21ClN2O2. The molecule has 23 heavy (non-hydrogen) atoms. The van der Waals surface area contributed by atoms with Gasteiger partial charge in [0.05, 0.1) is 0 Å². The number of carbonyl (C=O) groups excluding carboxylic acids is 1. The predicted molar refractivity (Wildman–Crippen MR) is 92.4 cm³/mol. The molecule has 0 aliphatic carbocycles. The van der Waals surface area contributed by atoms with E-state index < -0.39 is 0 Å². The normalized spacial score (nSPS) is 10.6. The largest absolute Gasteiger partial charge is 0.385 e. The third-order valence-electron chi connectivity index (χ3n) is 3.67. The van der Waals surface area contributed by atoms with Crippen molar-refractivity contribution < 1.29 is 9.53 Å². The molecule has 4 nitrogen and oxygen atoms in total. The molecular weight excluding hydrogens is 312 g/mol. The molecule has 0 unspecified atom stereocenters. The minimum absolute atomic E-state index is 0.542. The average molecular weight is 333 g/mol. The number of aromatic nitrogens is 1. The van der Waals surface area contributed by atoms with Crippen molar-refractivity contribution in [3.8, 4) is 11.1 Å². The van der Waals surface area contributed by atoms with E-state index in [2.05, 4.69) is 11.1 Å². The van der Waals surface area contributed by atoms with E-state index in [4.69, 9.17) is 16.3 Å². The highest BCUT2D eigenvalue weighted by atomic mass is 35.5. The Hall–Kier alpha value is -1.91. The molecule has 1 aromatic carbocycles. The number of halogens is 1. The molecule has 0 saturated carbocycles. The first-order valence-corrected chi connectivity index (χ1v) is 7.91. The molecule has 0 aliphatic rings. The summed E-state index contributed by atoms with van der Waals surface area (Å²) in [6.07, 6.45) is 3.53. The maximum atomic E-state index is 11.3. The molecule has 0 spiro atoms. The van der Waals surface area contributed by atoms with Crippen LogP contribution in [0.25, 0.3) is 11.1 Å². The topological polar surface area (TPSA) is 42.4 Å². The third-order valence-corrected chi connectivity index (χ3v) is 3.90.